The van der Waals surface area contributed by atoms with Gasteiger partial charge < -0.3 is 25.2 Å². The van der Waals surface area contributed by atoms with Gasteiger partial charge in [-0.15, -0.1) is 0 Å². The fourth-order valence-electron chi connectivity index (χ4n) is 2.48. The van der Waals surface area contributed by atoms with Crippen molar-refractivity contribution in [3.05, 3.63) is 53.6 Å². The molecular formula is C18H15F3N2O5. The van der Waals surface area contributed by atoms with Gasteiger partial charge in [0.2, 0.25) is 12.7 Å². The second kappa shape index (κ2) is 7.77. The molecule has 0 bridgehead atoms. The molecule has 0 aromatic heterocycles. The zero-order valence-electron chi connectivity index (χ0n) is 14.2. The fraction of sp³-hybridized carbons (Fsp3) is 0.222. The van der Waals surface area contributed by atoms with Gasteiger partial charge in [-0.3, -0.25) is 9.59 Å². The van der Waals surface area contributed by atoms with Crippen LogP contribution >= 0.6 is 0 Å². The lowest BCUT2D eigenvalue weighted by Gasteiger charge is -2.17. The van der Waals surface area contributed by atoms with Crippen LogP contribution in [-0.2, 0) is 11.0 Å². The van der Waals surface area contributed by atoms with E-state index in [1.807, 2.05) is 0 Å². The maximum Gasteiger partial charge on any atom is 0.416 e. The summed E-state index contributed by atoms with van der Waals surface area (Å²) >= 11 is 0. The number of nitrogens with one attached hydrogen (secondary N) is 2. The first-order valence-electron chi connectivity index (χ1n) is 8.07. The number of aliphatic hydroxyl groups is 1. The molecule has 1 aliphatic rings. The average molecular weight is 396 g/mol. The van der Waals surface area contributed by atoms with Gasteiger partial charge in [0.05, 0.1) is 12.2 Å². The molecule has 10 heteroatoms. The summed E-state index contributed by atoms with van der Waals surface area (Å²) in [4.78, 5) is 24.6. The number of aliphatic hydroxyl groups excluding tert-OH is 1. The number of halogens is 3. The average Bonchev–Trinajstić information content (AvgIpc) is 3.13. The summed E-state index contributed by atoms with van der Waals surface area (Å²) in [7, 11) is 0. The molecule has 3 rings (SSSR count). The van der Waals surface area contributed by atoms with E-state index >= 15 is 0 Å². The number of alkyl halides is 3. The third-order valence-corrected chi connectivity index (χ3v) is 3.90. The van der Waals surface area contributed by atoms with Crippen LogP contribution in [0, 0.1) is 0 Å². The lowest BCUT2D eigenvalue weighted by atomic mass is 10.1. The molecule has 148 valence electrons. The Balaban J connectivity index is 1.67. The zero-order valence-corrected chi connectivity index (χ0v) is 14.2. The molecule has 3 N–H and O–H groups in total. The van der Waals surface area contributed by atoms with E-state index in [1.165, 1.54) is 24.3 Å². The first kappa shape index (κ1) is 19.5. The van der Waals surface area contributed by atoms with E-state index in [4.69, 9.17) is 9.47 Å². The summed E-state index contributed by atoms with van der Waals surface area (Å²) in [6.45, 7) is -0.722. The second-order valence-electron chi connectivity index (χ2n) is 5.84. The van der Waals surface area contributed by atoms with Crippen molar-refractivity contribution in [2.45, 2.75) is 12.2 Å². The molecule has 0 spiro atoms. The molecule has 0 aliphatic carbocycles. The highest BCUT2D eigenvalue weighted by molar-refractivity contribution is 6.01. The summed E-state index contributed by atoms with van der Waals surface area (Å²) in [5.74, 6) is -0.702. The summed E-state index contributed by atoms with van der Waals surface area (Å²) in [6.07, 6.45) is -4.56. The largest absolute Gasteiger partial charge is 0.454 e. The van der Waals surface area contributed by atoms with Crippen LogP contribution in [0.3, 0.4) is 0 Å². The van der Waals surface area contributed by atoms with E-state index < -0.39 is 36.2 Å². The number of fused-ring (bicyclic) bond motifs is 1. The molecule has 1 atom stereocenters. The number of rotatable bonds is 5. The lowest BCUT2D eigenvalue weighted by molar-refractivity contribution is -0.137. The number of benzene rings is 2. The van der Waals surface area contributed by atoms with Crippen molar-refractivity contribution < 1.29 is 37.3 Å². The minimum atomic E-state index is -4.56. The third-order valence-electron chi connectivity index (χ3n) is 3.90. The first-order chi connectivity index (χ1) is 13.3. The predicted molar refractivity (Wildman–Crippen MR) is 91.0 cm³/mol. The van der Waals surface area contributed by atoms with E-state index in [0.29, 0.717) is 11.5 Å². The van der Waals surface area contributed by atoms with Crippen LogP contribution < -0.4 is 20.1 Å². The standard InChI is InChI=1S/C18H15F3N2O5/c19-18(20,21)11-2-1-3-12(7-11)22-17(26)13(8-24)23-16(25)10-4-5-14-15(6-10)28-9-27-14/h1-7,13,24H,8-9H2,(H,22,26)(H,23,25). The summed E-state index contributed by atoms with van der Waals surface area (Å²) in [5.41, 5.74) is -0.889. The number of carbonyl (C=O) groups excluding carboxylic acids is 2. The molecule has 28 heavy (non-hydrogen) atoms. The van der Waals surface area contributed by atoms with Crippen molar-refractivity contribution in [2.75, 3.05) is 18.7 Å². The molecule has 0 radical (unpaired) electrons. The van der Waals surface area contributed by atoms with Crippen LogP contribution in [-0.4, -0.2) is 36.4 Å². The Morgan fingerprint density at radius 3 is 2.57 bits per heavy atom. The van der Waals surface area contributed by atoms with Crippen molar-refractivity contribution in [1.82, 2.24) is 5.32 Å². The van der Waals surface area contributed by atoms with Gasteiger partial charge in [-0.1, -0.05) is 6.07 Å². The van der Waals surface area contributed by atoms with Crippen LogP contribution in [0.4, 0.5) is 18.9 Å². The highest BCUT2D eigenvalue weighted by Crippen LogP contribution is 2.32. The molecule has 2 amide bonds. The lowest BCUT2D eigenvalue weighted by Crippen LogP contribution is -2.46. The van der Waals surface area contributed by atoms with E-state index in [9.17, 15) is 27.9 Å². The molecule has 0 saturated carbocycles. The fourth-order valence-corrected chi connectivity index (χ4v) is 2.48. The molecule has 0 saturated heterocycles. The molecule has 2 aromatic rings. The van der Waals surface area contributed by atoms with E-state index in [1.54, 1.807) is 0 Å². The number of ether oxygens (including phenoxy) is 2. The first-order valence-corrected chi connectivity index (χ1v) is 8.07. The Kier molecular flexibility index (Phi) is 5.41. The molecule has 7 nitrogen and oxygen atoms in total. The monoisotopic (exact) mass is 396 g/mol. The van der Waals surface area contributed by atoms with E-state index in [2.05, 4.69) is 10.6 Å². The van der Waals surface area contributed by atoms with Gasteiger partial charge in [-0.05, 0) is 36.4 Å². The van der Waals surface area contributed by atoms with Crippen molar-refractivity contribution in [1.29, 1.82) is 0 Å². The van der Waals surface area contributed by atoms with Crippen LogP contribution in [0.25, 0.3) is 0 Å². The smallest absolute Gasteiger partial charge is 0.416 e. The van der Waals surface area contributed by atoms with Gasteiger partial charge in [0, 0.05) is 11.3 Å². The highest BCUT2D eigenvalue weighted by Gasteiger charge is 2.31. The molecular weight excluding hydrogens is 381 g/mol. The third kappa shape index (κ3) is 4.34. The minimum absolute atomic E-state index is 0.0269. The van der Waals surface area contributed by atoms with Gasteiger partial charge >= 0.3 is 6.18 Å². The number of anilines is 1. The molecule has 1 unspecified atom stereocenters. The van der Waals surface area contributed by atoms with Gasteiger partial charge in [0.25, 0.3) is 5.91 Å². The number of hydrogen-bond donors (Lipinski definition) is 3. The Hall–Kier alpha value is -3.27. The van der Waals surface area contributed by atoms with E-state index in [0.717, 1.165) is 18.2 Å². The number of carbonyl (C=O) groups is 2. The topological polar surface area (TPSA) is 96.9 Å². The summed E-state index contributed by atoms with van der Waals surface area (Å²) in [6, 6.07) is 7.03. The van der Waals surface area contributed by atoms with Crippen LogP contribution in [0.15, 0.2) is 42.5 Å². The number of amides is 2. The molecule has 0 fully saturated rings. The Morgan fingerprint density at radius 1 is 1.11 bits per heavy atom. The van der Waals surface area contributed by atoms with E-state index in [-0.39, 0.29) is 18.0 Å². The quantitative estimate of drug-likeness (QED) is 0.720. The van der Waals surface area contributed by atoms with Crippen molar-refractivity contribution >= 4 is 17.5 Å². The Morgan fingerprint density at radius 2 is 1.86 bits per heavy atom. The van der Waals surface area contributed by atoms with Gasteiger partial charge in [-0.25, -0.2) is 0 Å². The SMILES string of the molecule is O=C(NC(CO)C(=O)Nc1cccc(C(F)(F)F)c1)c1ccc2c(c1)OCO2. The van der Waals surface area contributed by atoms with Crippen LogP contribution in [0.1, 0.15) is 15.9 Å². The number of hydrogen-bond acceptors (Lipinski definition) is 5. The second-order valence-corrected chi connectivity index (χ2v) is 5.84. The van der Waals surface area contributed by atoms with Crippen molar-refractivity contribution in [3.8, 4) is 11.5 Å². The van der Waals surface area contributed by atoms with Crippen LogP contribution in [0.5, 0.6) is 11.5 Å². The normalized spacial score (nSPS) is 13.7. The van der Waals surface area contributed by atoms with Crippen LogP contribution in [0.2, 0.25) is 0 Å². The predicted octanol–water partition coefficient (Wildman–Crippen LogP) is 2.16. The van der Waals surface area contributed by atoms with Gasteiger partial charge in [0.15, 0.2) is 11.5 Å². The summed E-state index contributed by atoms with van der Waals surface area (Å²) < 4.78 is 48.6. The Bertz CT molecular complexity index is 901. The van der Waals surface area contributed by atoms with Crippen molar-refractivity contribution in [2.24, 2.45) is 0 Å². The Labute approximate surface area is 157 Å². The molecule has 2 aromatic carbocycles. The summed E-state index contributed by atoms with van der Waals surface area (Å²) in [5, 5.41) is 14.0. The van der Waals surface area contributed by atoms with Crippen molar-refractivity contribution in [3.63, 3.8) is 0 Å². The van der Waals surface area contributed by atoms with Gasteiger partial charge in [-0.2, -0.15) is 13.2 Å². The van der Waals surface area contributed by atoms with Gasteiger partial charge in [0.1, 0.15) is 6.04 Å². The molecule has 1 heterocycles. The molecule has 1 aliphatic heterocycles. The highest BCUT2D eigenvalue weighted by atomic mass is 19.4. The zero-order chi connectivity index (χ0) is 20.3. The maximum absolute atomic E-state index is 12.8. The maximum atomic E-state index is 12.8. The minimum Gasteiger partial charge on any atom is -0.454 e.